The van der Waals surface area contributed by atoms with Crippen LogP contribution < -0.4 is 10.2 Å². The van der Waals surface area contributed by atoms with Gasteiger partial charge in [0.25, 0.3) is 0 Å². The molecule has 19 heavy (non-hydrogen) atoms. The summed E-state index contributed by atoms with van der Waals surface area (Å²) in [5.41, 5.74) is 1.40. The highest BCUT2D eigenvalue weighted by molar-refractivity contribution is 7.07. The summed E-state index contributed by atoms with van der Waals surface area (Å²) >= 11 is 1.13. The van der Waals surface area contributed by atoms with Gasteiger partial charge in [-0.05, 0) is 19.1 Å². The fourth-order valence-corrected chi connectivity index (χ4v) is 2.46. The summed E-state index contributed by atoms with van der Waals surface area (Å²) in [6.07, 6.45) is 0.215. The first-order valence-electron chi connectivity index (χ1n) is 5.80. The molecule has 0 aliphatic heterocycles. The zero-order valence-electron chi connectivity index (χ0n) is 10.4. The Bertz CT molecular complexity index is 645. The van der Waals surface area contributed by atoms with E-state index in [1.807, 2.05) is 6.92 Å². The molecule has 0 atom stereocenters. The fourth-order valence-electron chi connectivity index (χ4n) is 1.70. The second-order valence-electron chi connectivity index (χ2n) is 4.14. The van der Waals surface area contributed by atoms with Gasteiger partial charge in [-0.3, -0.25) is 9.59 Å². The number of benzene rings is 1. The molecule has 0 saturated carbocycles. The third-order valence-corrected chi connectivity index (χ3v) is 3.55. The topological polar surface area (TPSA) is 71.3 Å². The Morgan fingerprint density at radius 2 is 2.26 bits per heavy atom. The summed E-state index contributed by atoms with van der Waals surface area (Å²) in [5, 5.41) is 13.7. The number of nitrogens with one attached hydrogen (secondary N) is 1. The number of rotatable bonds is 4. The number of aromatic nitrogens is 1. The lowest BCUT2D eigenvalue weighted by Gasteiger charge is -2.06. The molecule has 2 rings (SSSR count). The van der Waals surface area contributed by atoms with Crippen molar-refractivity contribution < 1.29 is 9.90 Å². The van der Waals surface area contributed by atoms with E-state index in [9.17, 15) is 14.7 Å². The van der Waals surface area contributed by atoms with Crippen LogP contribution >= 0.6 is 11.3 Å². The lowest BCUT2D eigenvalue weighted by Crippen LogP contribution is -2.20. The molecule has 5 nitrogen and oxygen atoms in total. The molecule has 2 aromatic rings. The lowest BCUT2D eigenvalue weighted by molar-refractivity contribution is -0.116. The average Bonchev–Trinajstić information content (AvgIpc) is 2.67. The molecule has 0 bridgehead atoms. The van der Waals surface area contributed by atoms with Crippen LogP contribution in [-0.4, -0.2) is 15.6 Å². The number of carbonyl (C=O) groups is 1. The minimum Gasteiger partial charge on any atom is -0.508 e. The number of anilines is 1. The van der Waals surface area contributed by atoms with Crippen molar-refractivity contribution in [2.75, 3.05) is 5.32 Å². The van der Waals surface area contributed by atoms with Gasteiger partial charge in [-0.15, -0.1) is 0 Å². The van der Waals surface area contributed by atoms with Gasteiger partial charge in [0, 0.05) is 35.8 Å². The summed E-state index contributed by atoms with van der Waals surface area (Å²) in [6, 6.07) is 6.35. The van der Waals surface area contributed by atoms with Gasteiger partial charge in [0.05, 0.1) is 0 Å². The quantitative estimate of drug-likeness (QED) is 0.898. The van der Waals surface area contributed by atoms with Gasteiger partial charge in [0.2, 0.25) is 5.91 Å². The maximum Gasteiger partial charge on any atom is 0.307 e. The number of hydrogen-bond acceptors (Lipinski definition) is 4. The highest BCUT2D eigenvalue weighted by atomic mass is 32.1. The highest BCUT2D eigenvalue weighted by Gasteiger charge is 2.07. The van der Waals surface area contributed by atoms with Crippen molar-refractivity contribution in [3.63, 3.8) is 0 Å². The van der Waals surface area contributed by atoms with Crippen LogP contribution in [0.15, 0.2) is 34.4 Å². The molecule has 6 heteroatoms. The number of aryl methyl sites for hydroxylation is 1. The first-order chi connectivity index (χ1) is 9.06. The molecule has 0 saturated heterocycles. The van der Waals surface area contributed by atoms with Crippen molar-refractivity contribution in [1.82, 2.24) is 4.57 Å². The van der Waals surface area contributed by atoms with Crippen LogP contribution in [0.3, 0.4) is 0 Å². The molecule has 1 heterocycles. The Labute approximate surface area is 114 Å². The molecule has 0 fully saturated rings. The number of nitrogens with zero attached hydrogens (tertiary/aromatic N) is 1. The predicted molar refractivity (Wildman–Crippen MR) is 74.7 cm³/mol. The molecule has 0 aliphatic carbocycles. The summed E-state index contributed by atoms with van der Waals surface area (Å²) in [6.45, 7) is 2.20. The van der Waals surface area contributed by atoms with Crippen LogP contribution in [-0.2, 0) is 11.3 Å². The van der Waals surface area contributed by atoms with Crippen molar-refractivity contribution in [1.29, 1.82) is 0 Å². The Balaban J connectivity index is 1.94. The van der Waals surface area contributed by atoms with Gasteiger partial charge in [0.15, 0.2) is 0 Å². The Kier molecular flexibility index (Phi) is 4.01. The first kappa shape index (κ1) is 13.4. The fraction of sp³-hybridized carbons (Fsp3) is 0.231. The van der Waals surface area contributed by atoms with Crippen LogP contribution in [0.2, 0.25) is 0 Å². The van der Waals surface area contributed by atoms with E-state index in [0.717, 1.165) is 17.0 Å². The molecule has 1 aromatic carbocycles. The van der Waals surface area contributed by atoms with Crippen molar-refractivity contribution in [3.8, 4) is 5.75 Å². The molecular weight excluding hydrogens is 264 g/mol. The summed E-state index contributed by atoms with van der Waals surface area (Å²) in [7, 11) is 0. The van der Waals surface area contributed by atoms with E-state index in [1.165, 1.54) is 12.1 Å². The molecule has 1 amide bonds. The van der Waals surface area contributed by atoms with Crippen LogP contribution in [0.4, 0.5) is 5.69 Å². The largest absolute Gasteiger partial charge is 0.508 e. The average molecular weight is 278 g/mol. The van der Waals surface area contributed by atoms with E-state index in [0.29, 0.717) is 12.2 Å². The molecule has 0 spiro atoms. The summed E-state index contributed by atoms with van der Waals surface area (Å²) in [4.78, 5) is 23.2. The maximum absolute atomic E-state index is 11.7. The number of carbonyl (C=O) groups excluding carboxylic acids is 1. The molecule has 1 aromatic heterocycles. The minimum absolute atomic E-state index is 0.0531. The molecule has 100 valence electrons. The van der Waals surface area contributed by atoms with Crippen molar-refractivity contribution in [2.24, 2.45) is 0 Å². The molecule has 2 N–H and O–H groups in total. The summed E-state index contributed by atoms with van der Waals surface area (Å²) in [5.74, 6) is -0.0919. The van der Waals surface area contributed by atoms with Crippen LogP contribution in [0.25, 0.3) is 0 Å². The third-order valence-electron chi connectivity index (χ3n) is 2.67. The normalized spacial score (nSPS) is 10.4. The predicted octanol–water partition coefficient (Wildman–Crippen LogP) is 1.95. The monoisotopic (exact) mass is 278 g/mol. The number of hydrogen-bond donors (Lipinski definition) is 2. The van der Waals surface area contributed by atoms with Gasteiger partial charge in [-0.1, -0.05) is 17.4 Å². The van der Waals surface area contributed by atoms with Crippen molar-refractivity contribution in [3.05, 3.63) is 45.0 Å². The summed E-state index contributed by atoms with van der Waals surface area (Å²) < 4.78 is 1.58. The Morgan fingerprint density at radius 1 is 1.47 bits per heavy atom. The lowest BCUT2D eigenvalue weighted by atomic mass is 10.3. The van der Waals surface area contributed by atoms with Crippen LogP contribution in [0, 0.1) is 6.92 Å². The standard InChI is InChI=1S/C13H14N2O3S/c1-9-8-19-13(18)15(9)6-5-12(17)14-10-3-2-4-11(16)7-10/h2-4,7-8,16H,5-6H2,1H3,(H,14,17). The van der Waals surface area contributed by atoms with E-state index >= 15 is 0 Å². The van der Waals surface area contributed by atoms with E-state index in [1.54, 1.807) is 22.1 Å². The Morgan fingerprint density at radius 3 is 2.89 bits per heavy atom. The second-order valence-corrected chi connectivity index (χ2v) is 4.96. The molecule has 0 aliphatic rings. The smallest absolute Gasteiger partial charge is 0.307 e. The van der Waals surface area contributed by atoms with Gasteiger partial charge in [-0.25, -0.2) is 0 Å². The van der Waals surface area contributed by atoms with E-state index in [2.05, 4.69) is 5.32 Å². The zero-order valence-corrected chi connectivity index (χ0v) is 11.2. The van der Waals surface area contributed by atoms with E-state index in [-0.39, 0.29) is 23.0 Å². The number of amides is 1. The van der Waals surface area contributed by atoms with Crippen LogP contribution in [0.1, 0.15) is 12.1 Å². The maximum atomic E-state index is 11.7. The van der Waals surface area contributed by atoms with Gasteiger partial charge in [0.1, 0.15) is 5.75 Å². The van der Waals surface area contributed by atoms with Gasteiger partial charge in [-0.2, -0.15) is 0 Å². The molecular formula is C13H14N2O3S. The van der Waals surface area contributed by atoms with E-state index in [4.69, 9.17) is 0 Å². The van der Waals surface area contributed by atoms with E-state index < -0.39 is 0 Å². The zero-order chi connectivity index (χ0) is 13.8. The number of thiazole rings is 1. The van der Waals surface area contributed by atoms with Crippen molar-refractivity contribution >= 4 is 22.9 Å². The van der Waals surface area contributed by atoms with Gasteiger partial charge >= 0.3 is 4.87 Å². The molecule has 0 unspecified atom stereocenters. The van der Waals surface area contributed by atoms with Crippen molar-refractivity contribution in [2.45, 2.75) is 19.9 Å². The SMILES string of the molecule is Cc1csc(=O)n1CCC(=O)Nc1cccc(O)c1. The minimum atomic E-state index is -0.192. The number of phenols is 1. The van der Waals surface area contributed by atoms with Gasteiger partial charge < -0.3 is 15.0 Å². The highest BCUT2D eigenvalue weighted by Crippen LogP contribution is 2.15. The molecule has 0 radical (unpaired) electrons. The Hall–Kier alpha value is -2.08. The number of aromatic hydroxyl groups is 1. The van der Waals surface area contributed by atoms with Crippen LogP contribution in [0.5, 0.6) is 5.75 Å². The number of phenolic OH excluding ortho intramolecular Hbond substituents is 1. The second kappa shape index (κ2) is 5.71. The first-order valence-corrected chi connectivity index (χ1v) is 6.68. The third kappa shape index (κ3) is 3.45.